The van der Waals surface area contributed by atoms with Crippen LogP contribution in [0, 0.1) is 18.4 Å². The zero-order valence-corrected chi connectivity index (χ0v) is 2.86. The molecule has 0 aliphatic carbocycles. The van der Waals surface area contributed by atoms with Crippen molar-refractivity contribution < 1.29 is 0 Å². The first-order chi connectivity index (χ1) is 2.41. The third-order valence-electron chi connectivity index (χ3n) is 0.204. The minimum absolute atomic E-state index is 0.333. The summed E-state index contributed by atoms with van der Waals surface area (Å²) in [6.45, 7) is 0.333. The van der Waals surface area contributed by atoms with Gasteiger partial charge in [-0.15, -0.1) is 0 Å². The maximum atomic E-state index is 7.71. The maximum absolute atomic E-state index is 7.71. The molecule has 27 valence electrons. The van der Waals surface area contributed by atoms with Crippen LogP contribution in [0.5, 0.6) is 0 Å². The van der Waals surface area contributed by atoms with Crippen LogP contribution in [0.3, 0.4) is 0 Å². The van der Waals surface area contributed by atoms with Crippen molar-refractivity contribution in [3.8, 4) is 6.07 Å². The van der Waals surface area contributed by atoms with Gasteiger partial charge in [0, 0.05) is 7.05 Å². The Morgan fingerprint density at radius 1 is 2.00 bits per heavy atom. The SMILES string of the molecule is [CH2]NCC#N. The van der Waals surface area contributed by atoms with Crippen molar-refractivity contribution in [2.24, 2.45) is 0 Å². The van der Waals surface area contributed by atoms with Gasteiger partial charge in [-0.05, 0) is 0 Å². The van der Waals surface area contributed by atoms with Crippen LogP contribution in [-0.2, 0) is 0 Å². The Labute approximate surface area is 31.4 Å². The Kier molecular flexibility index (Phi) is 3.07. The molecule has 0 unspecified atom stereocenters. The maximum Gasteiger partial charge on any atom is 0.0841 e. The van der Waals surface area contributed by atoms with E-state index in [0.29, 0.717) is 6.54 Å². The summed E-state index contributed by atoms with van der Waals surface area (Å²) in [6.07, 6.45) is 0. The lowest BCUT2D eigenvalue weighted by atomic mass is 10.7. The normalized spacial score (nSPS) is 6.40. The third-order valence-corrected chi connectivity index (χ3v) is 0.204. The van der Waals surface area contributed by atoms with Gasteiger partial charge < -0.3 is 5.32 Å². The molecule has 2 nitrogen and oxygen atoms in total. The van der Waals surface area contributed by atoms with E-state index in [1.165, 1.54) is 0 Å². The number of nitrogens with one attached hydrogen (secondary N) is 1. The van der Waals surface area contributed by atoms with Crippen molar-refractivity contribution in [1.29, 1.82) is 5.26 Å². The van der Waals surface area contributed by atoms with Crippen molar-refractivity contribution in [3.63, 3.8) is 0 Å². The molecular formula is C3H5N2. The first kappa shape index (κ1) is 4.45. The molecule has 1 N–H and O–H groups in total. The summed E-state index contributed by atoms with van der Waals surface area (Å²) in [5, 5.41) is 10.1. The quantitative estimate of drug-likeness (QED) is 0.436. The fourth-order valence-electron chi connectivity index (χ4n) is 0.0559. The second-order valence-corrected chi connectivity index (χ2v) is 0.585. The average Bonchev–Trinajstić information content (AvgIpc) is 1.41. The second kappa shape index (κ2) is 3.45. The average molecular weight is 69.1 g/mol. The van der Waals surface area contributed by atoms with Gasteiger partial charge in [-0.2, -0.15) is 5.26 Å². The fraction of sp³-hybridized carbons (Fsp3) is 0.333. The highest BCUT2D eigenvalue weighted by Gasteiger charge is 1.61. The lowest BCUT2D eigenvalue weighted by Crippen LogP contribution is -1.99. The van der Waals surface area contributed by atoms with E-state index in [1.54, 1.807) is 0 Å². The molecule has 0 heterocycles. The predicted molar refractivity (Wildman–Crippen MR) is 19.0 cm³/mol. The first-order valence-corrected chi connectivity index (χ1v) is 1.28. The molecule has 0 saturated heterocycles. The van der Waals surface area contributed by atoms with Crippen LogP contribution in [0.15, 0.2) is 0 Å². The molecule has 0 saturated carbocycles. The smallest absolute Gasteiger partial charge is 0.0841 e. The summed E-state index contributed by atoms with van der Waals surface area (Å²) in [7, 11) is 3.20. The van der Waals surface area contributed by atoms with Gasteiger partial charge in [-0.3, -0.25) is 0 Å². The molecule has 0 aliphatic rings. The molecule has 1 radical (unpaired) electrons. The van der Waals surface area contributed by atoms with E-state index in [9.17, 15) is 0 Å². The molecular weight excluding hydrogens is 64.0 g/mol. The third kappa shape index (κ3) is 3.45. The van der Waals surface area contributed by atoms with Gasteiger partial charge in [0.2, 0.25) is 0 Å². The highest BCUT2D eigenvalue weighted by molar-refractivity contribution is 4.71. The van der Waals surface area contributed by atoms with Gasteiger partial charge in [-0.25, -0.2) is 0 Å². The first-order valence-electron chi connectivity index (χ1n) is 1.28. The Morgan fingerprint density at radius 2 is 2.60 bits per heavy atom. The number of nitriles is 1. The number of nitrogens with zero attached hydrogens (tertiary/aromatic N) is 1. The topological polar surface area (TPSA) is 35.8 Å². The van der Waals surface area contributed by atoms with Gasteiger partial charge >= 0.3 is 0 Å². The summed E-state index contributed by atoms with van der Waals surface area (Å²) in [5.41, 5.74) is 0. The van der Waals surface area contributed by atoms with Crippen LogP contribution in [0.4, 0.5) is 0 Å². The molecule has 0 aromatic carbocycles. The Hall–Kier alpha value is -0.550. The lowest BCUT2D eigenvalue weighted by molar-refractivity contribution is 0.991. The van der Waals surface area contributed by atoms with E-state index < -0.39 is 0 Å². The van der Waals surface area contributed by atoms with Crippen molar-refractivity contribution in [2.75, 3.05) is 6.54 Å². The molecule has 0 atom stereocenters. The number of rotatable bonds is 1. The van der Waals surface area contributed by atoms with Gasteiger partial charge in [0.15, 0.2) is 0 Å². The predicted octanol–water partition coefficient (Wildman–Crippen LogP) is -0.109. The van der Waals surface area contributed by atoms with Crippen LogP contribution < -0.4 is 5.32 Å². The summed E-state index contributed by atoms with van der Waals surface area (Å²) < 4.78 is 0. The van der Waals surface area contributed by atoms with Crippen molar-refractivity contribution in [1.82, 2.24) is 5.32 Å². The van der Waals surface area contributed by atoms with Gasteiger partial charge in [0.1, 0.15) is 0 Å². The Bertz CT molecular complexity index is 43.3. The monoisotopic (exact) mass is 69.0 g/mol. The lowest BCUT2D eigenvalue weighted by Gasteiger charge is -1.73. The number of hydrogen-bond donors (Lipinski definition) is 1. The summed E-state index contributed by atoms with van der Waals surface area (Å²) >= 11 is 0. The minimum atomic E-state index is 0.333. The molecule has 0 amide bonds. The van der Waals surface area contributed by atoms with Crippen molar-refractivity contribution in [2.45, 2.75) is 0 Å². The standard InChI is InChI=1S/C3H5N2/c1-5-3-2-4/h5H,1,3H2. The van der Waals surface area contributed by atoms with Crippen molar-refractivity contribution in [3.05, 3.63) is 7.05 Å². The summed E-state index contributed by atoms with van der Waals surface area (Å²) in [6, 6.07) is 1.84. The van der Waals surface area contributed by atoms with E-state index in [0.717, 1.165) is 0 Å². The van der Waals surface area contributed by atoms with Crippen LogP contribution in [-0.4, -0.2) is 6.54 Å². The van der Waals surface area contributed by atoms with E-state index in [-0.39, 0.29) is 0 Å². The molecule has 0 aromatic heterocycles. The highest BCUT2D eigenvalue weighted by Crippen LogP contribution is 1.40. The van der Waals surface area contributed by atoms with Crippen LogP contribution in [0.25, 0.3) is 0 Å². The Balaban J connectivity index is 2.48. The molecule has 0 bridgehead atoms. The van der Waals surface area contributed by atoms with Crippen molar-refractivity contribution >= 4 is 0 Å². The molecule has 0 spiro atoms. The molecule has 2 heteroatoms. The van der Waals surface area contributed by atoms with E-state index in [2.05, 4.69) is 12.4 Å². The molecule has 0 rings (SSSR count). The van der Waals surface area contributed by atoms with Gasteiger partial charge in [0.25, 0.3) is 0 Å². The minimum Gasteiger partial charge on any atom is -0.303 e. The Morgan fingerprint density at radius 3 is 2.60 bits per heavy atom. The zero-order valence-electron chi connectivity index (χ0n) is 2.86. The zero-order chi connectivity index (χ0) is 4.12. The van der Waals surface area contributed by atoms with E-state index in [1.807, 2.05) is 6.07 Å². The summed E-state index contributed by atoms with van der Waals surface area (Å²) in [4.78, 5) is 0. The largest absolute Gasteiger partial charge is 0.303 e. The molecule has 0 aliphatic heterocycles. The van der Waals surface area contributed by atoms with E-state index >= 15 is 0 Å². The van der Waals surface area contributed by atoms with Crippen LogP contribution >= 0.6 is 0 Å². The van der Waals surface area contributed by atoms with Gasteiger partial charge in [-0.1, -0.05) is 0 Å². The number of hydrogen-bond acceptors (Lipinski definition) is 2. The molecule has 5 heavy (non-hydrogen) atoms. The van der Waals surface area contributed by atoms with Gasteiger partial charge in [0.05, 0.1) is 12.6 Å². The highest BCUT2D eigenvalue weighted by atomic mass is 14.8. The molecule has 0 aromatic rings. The van der Waals surface area contributed by atoms with Crippen LogP contribution in [0.1, 0.15) is 0 Å². The van der Waals surface area contributed by atoms with Crippen LogP contribution in [0.2, 0.25) is 0 Å². The fourth-order valence-corrected chi connectivity index (χ4v) is 0.0559. The summed E-state index contributed by atoms with van der Waals surface area (Å²) in [5.74, 6) is 0. The molecule has 0 fully saturated rings. The van der Waals surface area contributed by atoms with E-state index in [4.69, 9.17) is 5.26 Å². The second-order valence-electron chi connectivity index (χ2n) is 0.585.